The molecule has 9 heteroatoms. The van der Waals surface area contributed by atoms with Crippen molar-refractivity contribution in [2.24, 2.45) is 0 Å². The maximum Gasteiger partial charge on any atom is 0.237 e. The predicted molar refractivity (Wildman–Crippen MR) is 105 cm³/mol. The fourth-order valence-electron chi connectivity index (χ4n) is 2.46. The summed E-state index contributed by atoms with van der Waals surface area (Å²) >= 11 is 7.56. The van der Waals surface area contributed by atoms with Crippen LogP contribution in [-0.4, -0.2) is 25.0 Å². The van der Waals surface area contributed by atoms with Gasteiger partial charge < -0.3 is 10.4 Å². The lowest BCUT2D eigenvalue weighted by atomic mass is 10.1. The smallest absolute Gasteiger partial charge is 0.237 e. The van der Waals surface area contributed by atoms with E-state index in [4.69, 9.17) is 22.0 Å². The van der Waals surface area contributed by atoms with Gasteiger partial charge in [0.05, 0.1) is 10.8 Å². The van der Waals surface area contributed by atoms with Gasteiger partial charge in [-0.3, -0.25) is 0 Å². The summed E-state index contributed by atoms with van der Waals surface area (Å²) in [4.78, 5) is 4.42. The van der Waals surface area contributed by atoms with Gasteiger partial charge in [-0.25, -0.2) is 4.68 Å². The Morgan fingerprint density at radius 3 is 2.67 bits per heavy atom. The van der Waals surface area contributed by atoms with Gasteiger partial charge in [0, 0.05) is 11.1 Å². The molecule has 4 aromatic rings. The summed E-state index contributed by atoms with van der Waals surface area (Å²) in [5.74, 6) is 8.08. The minimum absolute atomic E-state index is 0.427. The van der Waals surface area contributed by atoms with Gasteiger partial charge >= 0.3 is 0 Å². The number of hydrogen-bond donors (Lipinski definition) is 1. The Hall–Kier alpha value is -2.84. The molecule has 136 valence electrons. The largest absolute Gasteiger partial charge is 0.338 e. The maximum atomic E-state index is 6.21. The lowest BCUT2D eigenvalue weighted by Gasteiger charge is -2.04. The average Bonchev–Trinajstić information content (AvgIpc) is 3.28. The van der Waals surface area contributed by atoms with Gasteiger partial charge in [0.1, 0.15) is 0 Å². The van der Waals surface area contributed by atoms with Gasteiger partial charge in [0.2, 0.25) is 16.9 Å². The first-order valence-corrected chi connectivity index (χ1v) is 9.46. The van der Waals surface area contributed by atoms with Crippen LogP contribution in [0, 0.1) is 6.92 Å². The minimum Gasteiger partial charge on any atom is -0.338 e. The molecule has 2 aromatic heterocycles. The molecule has 0 spiro atoms. The van der Waals surface area contributed by atoms with E-state index in [1.54, 1.807) is 6.07 Å². The van der Waals surface area contributed by atoms with Crippen LogP contribution in [0.1, 0.15) is 11.5 Å². The Kier molecular flexibility index (Phi) is 4.83. The number of nitrogens with two attached hydrogens (primary N) is 1. The molecule has 0 saturated carbocycles. The summed E-state index contributed by atoms with van der Waals surface area (Å²) in [6.45, 7) is 2.03. The number of thioether (sulfide) groups is 1. The molecule has 2 N–H and O–H groups in total. The lowest BCUT2D eigenvalue weighted by molar-refractivity contribution is 0.391. The molecule has 0 bridgehead atoms. The monoisotopic (exact) mass is 398 g/mol. The Labute approximate surface area is 164 Å². The predicted octanol–water partition coefficient (Wildman–Crippen LogP) is 3.96. The summed E-state index contributed by atoms with van der Waals surface area (Å²) in [7, 11) is 0. The van der Waals surface area contributed by atoms with Crippen LogP contribution in [0.4, 0.5) is 0 Å². The number of aryl methyl sites for hydroxylation is 1. The topological polar surface area (TPSA) is 95.7 Å². The van der Waals surface area contributed by atoms with Crippen molar-refractivity contribution in [2.75, 3.05) is 5.84 Å². The van der Waals surface area contributed by atoms with Crippen molar-refractivity contribution in [1.29, 1.82) is 0 Å². The molecule has 0 unspecified atom stereocenters. The first-order valence-electron chi connectivity index (χ1n) is 8.09. The number of benzene rings is 2. The van der Waals surface area contributed by atoms with Gasteiger partial charge in [0.25, 0.3) is 0 Å². The molecule has 0 fully saturated rings. The van der Waals surface area contributed by atoms with Gasteiger partial charge in [0.15, 0.2) is 5.82 Å². The van der Waals surface area contributed by atoms with Crippen LogP contribution >= 0.6 is 23.4 Å². The van der Waals surface area contributed by atoms with E-state index in [-0.39, 0.29) is 0 Å². The quantitative estimate of drug-likeness (QED) is 0.401. The molecular formula is C18H15ClN6OS. The molecule has 2 aromatic carbocycles. The van der Waals surface area contributed by atoms with Crippen molar-refractivity contribution in [1.82, 2.24) is 25.0 Å². The van der Waals surface area contributed by atoms with Gasteiger partial charge in [-0.1, -0.05) is 70.5 Å². The van der Waals surface area contributed by atoms with Crippen molar-refractivity contribution in [3.05, 3.63) is 65.0 Å². The van der Waals surface area contributed by atoms with Crippen molar-refractivity contribution >= 4 is 23.4 Å². The summed E-state index contributed by atoms with van der Waals surface area (Å²) < 4.78 is 6.73. The molecule has 2 heterocycles. The second kappa shape index (κ2) is 7.42. The minimum atomic E-state index is 0.427. The number of nitrogen functional groups attached to an aromatic ring is 1. The zero-order chi connectivity index (χ0) is 18.8. The third kappa shape index (κ3) is 3.67. The molecular weight excluding hydrogens is 384 g/mol. The van der Waals surface area contributed by atoms with Crippen molar-refractivity contribution in [3.8, 4) is 22.8 Å². The fourth-order valence-corrected chi connectivity index (χ4v) is 3.38. The highest BCUT2D eigenvalue weighted by Gasteiger charge is 2.16. The van der Waals surface area contributed by atoms with Gasteiger partial charge in [-0.2, -0.15) is 4.98 Å². The molecule has 0 aliphatic heterocycles. The molecule has 0 radical (unpaired) electrons. The second-order valence-electron chi connectivity index (χ2n) is 5.82. The Morgan fingerprint density at radius 1 is 1.11 bits per heavy atom. The Bertz CT molecular complexity index is 1080. The molecule has 4 rings (SSSR count). The maximum absolute atomic E-state index is 6.21. The van der Waals surface area contributed by atoms with Crippen LogP contribution < -0.4 is 5.84 Å². The SMILES string of the molecule is Cc1ccc(-c2noc(CSc3nnc(-c4ccccc4Cl)n3N)n2)cc1. The third-order valence-electron chi connectivity index (χ3n) is 3.88. The van der Waals surface area contributed by atoms with E-state index in [0.29, 0.717) is 33.5 Å². The number of rotatable bonds is 5. The second-order valence-corrected chi connectivity index (χ2v) is 7.17. The number of hydrogen-bond acceptors (Lipinski definition) is 7. The highest BCUT2D eigenvalue weighted by atomic mass is 35.5. The molecule has 0 aliphatic carbocycles. The molecule has 0 saturated heterocycles. The summed E-state index contributed by atoms with van der Waals surface area (Å²) in [5, 5.41) is 13.4. The first kappa shape index (κ1) is 17.6. The Morgan fingerprint density at radius 2 is 1.89 bits per heavy atom. The molecule has 0 aliphatic rings. The van der Waals surface area contributed by atoms with Crippen LogP contribution in [0.3, 0.4) is 0 Å². The van der Waals surface area contributed by atoms with E-state index in [9.17, 15) is 0 Å². The number of nitrogens with zero attached hydrogens (tertiary/aromatic N) is 5. The summed E-state index contributed by atoms with van der Waals surface area (Å²) in [6, 6.07) is 15.3. The van der Waals surface area contributed by atoms with E-state index < -0.39 is 0 Å². The standard InChI is InChI=1S/C18H15ClN6OS/c1-11-6-8-12(9-7-11)16-21-15(26-24-16)10-27-18-23-22-17(25(18)20)13-4-2-3-5-14(13)19/h2-9H,10,20H2,1H3. The van der Waals surface area contributed by atoms with Crippen molar-refractivity contribution in [2.45, 2.75) is 17.8 Å². The van der Waals surface area contributed by atoms with Crippen LogP contribution in [0.15, 0.2) is 58.2 Å². The van der Waals surface area contributed by atoms with Gasteiger partial charge in [-0.05, 0) is 19.1 Å². The van der Waals surface area contributed by atoms with Gasteiger partial charge in [-0.15, -0.1) is 10.2 Å². The number of halogens is 1. The molecule has 0 amide bonds. The van der Waals surface area contributed by atoms with E-state index in [0.717, 1.165) is 11.1 Å². The van der Waals surface area contributed by atoms with E-state index >= 15 is 0 Å². The van der Waals surface area contributed by atoms with E-state index in [1.807, 2.05) is 49.4 Å². The lowest BCUT2D eigenvalue weighted by Crippen LogP contribution is -2.11. The highest BCUT2D eigenvalue weighted by Crippen LogP contribution is 2.28. The van der Waals surface area contributed by atoms with Crippen molar-refractivity contribution < 1.29 is 4.52 Å². The highest BCUT2D eigenvalue weighted by molar-refractivity contribution is 7.98. The van der Waals surface area contributed by atoms with Crippen molar-refractivity contribution in [3.63, 3.8) is 0 Å². The van der Waals surface area contributed by atoms with Crippen LogP contribution in [0.25, 0.3) is 22.8 Å². The Balaban J connectivity index is 1.49. The number of aromatic nitrogens is 5. The fraction of sp³-hybridized carbons (Fsp3) is 0.111. The van der Waals surface area contributed by atoms with E-state index in [2.05, 4.69) is 20.3 Å². The first-order chi connectivity index (χ1) is 13.1. The zero-order valence-electron chi connectivity index (χ0n) is 14.3. The van der Waals surface area contributed by atoms with Crippen LogP contribution in [0.5, 0.6) is 0 Å². The third-order valence-corrected chi connectivity index (χ3v) is 5.14. The molecule has 0 atom stereocenters. The van der Waals surface area contributed by atoms with E-state index in [1.165, 1.54) is 22.0 Å². The average molecular weight is 399 g/mol. The zero-order valence-corrected chi connectivity index (χ0v) is 15.9. The summed E-state index contributed by atoms with van der Waals surface area (Å²) in [6.07, 6.45) is 0. The summed E-state index contributed by atoms with van der Waals surface area (Å²) in [5.41, 5.74) is 2.80. The normalized spacial score (nSPS) is 11.0. The molecule has 7 nitrogen and oxygen atoms in total. The van der Waals surface area contributed by atoms with Crippen LogP contribution in [-0.2, 0) is 5.75 Å². The molecule has 27 heavy (non-hydrogen) atoms. The van der Waals surface area contributed by atoms with Crippen LogP contribution in [0.2, 0.25) is 5.02 Å².